The Bertz CT molecular complexity index is 745. The highest BCUT2D eigenvalue weighted by atomic mass is 32.2. The molecule has 0 unspecified atom stereocenters. The quantitative estimate of drug-likeness (QED) is 0.436. The van der Waals surface area contributed by atoms with E-state index >= 15 is 0 Å². The van der Waals surface area contributed by atoms with Gasteiger partial charge in [0.2, 0.25) is 0 Å². The molecule has 0 radical (unpaired) electrons. The van der Waals surface area contributed by atoms with Crippen molar-refractivity contribution in [3.05, 3.63) is 39.7 Å². The summed E-state index contributed by atoms with van der Waals surface area (Å²) in [6.07, 6.45) is 0.00796. The second-order valence-corrected chi connectivity index (χ2v) is 8.00. The Morgan fingerprint density at radius 1 is 1.25 bits per heavy atom. The lowest BCUT2D eigenvalue weighted by Gasteiger charge is -2.31. The first-order chi connectivity index (χ1) is 10.8. The maximum atomic E-state index is 14.2. The molecule has 0 fully saturated rings. The Labute approximate surface area is 139 Å². The summed E-state index contributed by atoms with van der Waals surface area (Å²) in [5.41, 5.74) is -3.20. The molecule has 2 N–H and O–H groups in total. The molecule has 1 rings (SSSR count). The summed E-state index contributed by atoms with van der Waals surface area (Å²) in [4.78, 5) is 21.1. The third-order valence-electron chi connectivity index (χ3n) is 3.05. The van der Waals surface area contributed by atoms with Crippen LogP contribution in [0.15, 0.2) is 18.2 Å². The molecule has 0 aromatic heterocycles. The molecule has 0 heterocycles. The lowest BCUT2D eigenvalue weighted by atomic mass is 9.89. The van der Waals surface area contributed by atoms with E-state index in [4.69, 9.17) is 0 Å². The van der Waals surface area contributed by atoms with Crippen LogP contribution in [0.1, 0.15) is 39.7 Å². The van der Waals surface area contributed by atoms with Gasteiger partial charge in [-0.05, 0) is 33.8 Å². The third-order valence-corrected chi connectivity index (χ3v) is 4.65. The minimum atomic E-state index is -4.11. The van der Waals surface area contributed by atoms with Crippen LogP contribution in [-0.2, 0) is 20.5 Å². The Balaban J connectivity index is 3.38. The van der Waals surface area contributed by atoms with E-state index in [2.05, 4.69) is 9.44 Å². The number of carbonyl (C=O) groups is 1. The van der Waals surface area contributed by atoms with Crippen LogP contribution in [0, 0.1) is 15.9 Å². The molecular weight excluding hydrogens is 341 g/mol. The van der Waals surface area contributed by atoms with E-state index in [1.807, 2.05) is 0 Å². The van der Waals surface area contributed by atoms with E-state index in [9.17, 15) is 27.7 Å². The fourth-order valence-corrected chi connectivity index (χ4v) is 3.79. The van der Waals surface area contributed by atoms with Crippen molar-refractivity contribution in [3.63, 3.8) is 0 Å². The minimum Gasteiger partial charge on any atom is -0.303 e. The highest BCUT2D eigenvalue weighted by Gasteiger charge is 2.36. The van der Waals surface area contributed by atoms with Gasteiger partial charge in [0.1, 0.15) is 12.1 Å². The van der Waals surface area contributed by atoms with Crippen molar-refractivity contribution in [1.82, 2.24) is 9.44 Å². The first-order valence-corrected chi connectivity index (χ1v) is 8.49. The Hall–Kier alpha value is -1.91. The predicted octanol–water partition coefficient (Wildman–Crippen LogP) is 1.76. The topological polar surface area (TPSA) is 118 Å². The second kappa shape index (κ2) is 6.91. The Morgan fingerprint density at radius 3 is 2.29 bits per heavy atom. The molecule has 0 aliphatic heterocycles. The summed E-state index contributed by atoms with van der Waals surface area (Å²) in [7, 11) is -4.11. The zero-order valence-electron chi connectivity index (χ0n) is 13.8. The molecule has 0 amide bonds. The summed E-state index contributed by atoms with van der Waals surface area (Å²) in [6.45, 7) is 6.11. The molecule has 1 aromatic carbocycles. The molecule has 10 heteroatoms. The third kappa shape index (κ3) is 5.32. The van der Waals surface area contributed by atoms with Crippen LogP contribution in [0.2, 0.25) is 0 Å². The molecule has 0 aliphatic rings. The molecule has 0 saturated carbocycles. The number of nitrogens with one attached hydrogen (secondary N) is 2. The molecule has 1 atom stereocenters. The zero-order chi connectivity index (χ0) is 18.8. The van der Waals surface area contributed by atoms with Gasteiger partial charge in [-0.1, -0.05) is 0 Å². The van der Waals surface area contributed by atoms with Gasteiger partial charge in [-0.25, -0.2) is 4.39 Å². The molecule has 0 saturated heterocycles. The normalized spacial score (nSPS) is 14.9. The second-order valence-electron chi connectivity index (χ2n) is 6.58. The standard InChI is InChI=1S/C14H20FN3O5S/c1-13(2,3)16-24(22,23)17-14(4,7-8-19)11-9-10(18(20)21)5-6-12(11)15/h5-6,8-9,16-17H,7H2,1-4H3/t14-/m0/s1. The largest absolute Gasteiger partial charge is 0.303 e. The monoisotopic (exact) mass is 361 g/mol. The molecule has 0 bridgehead atoms. The predicted molar refractivity (Wildman–Crippen MR) is 86.0 cm³/mol. The average molecular weight is 361 g/mol. The van der Waals surface area contributed by atoms with Crippen molar-refractivity contribution in [1.29, 1.82) is 0 Å². The fourth-order valence-electron chi connectivity index (χ4n) is 2.15. The van der Waals surface area contributed by atoms with E-state index in [1.54, 1.807) is 20.8 Å². The smallest absolute Gasteiger partial charge is 0.278 e. The molecule has 24 heavy (non-hydrogen) atoms. The van der Waals surface area contributed by atoms with Crippen LogP contribution < -0.4 is 9.44 Å². The van der Waals surface area contributed by atoms with E-state index in [-0.39, 0.29) is 5.56 Å². The van der Waals surface area contributed by atoms with Crippen molar-refractivity contribution in [2.24, 2.45) is 0 Å². The van der Waals surface area contributed by atoms with Crippen LogP contribution in [0.4, 0.5) is 10.1 Å². The molecule has 0 spiro atoms. The van der Waals surface area contributed by atoms with Crippen LogP contribution in [0.3, 0.4) is 0 Å². The van der Waals surface area contributed by atoms with Crippen molar-refractivity contribution >= 4 is 22.2 Å². The van der Waals surface area contributed by atoms with Gasteiger partial charge < -0.3 is 4.79 Å². The van der Waals surface area contributed by atoms with Crippen molar-refractivity contribution in [2.45, 2.75) is 45.2 Å². The van der Waals surface area contributed by atoms with Gasteiger partial charge >= 0.3 is 0 Å². The van der Waals surface area contributed by atoms with Gasteiger partial charge in [-0.15, -0.1) is 0 Å². The fraction of sp³-hybridized carbons (Fsp3) is 0.500. The molecule has 1 aromatic rings. The van der Waals surface area contributed by atoms with Gasteiger partial charge in [-0.2, -0.15) is 17.9 Å². The zero-order valence-corrected chi connectivity index (χ0v) is 14.6. The number of nitrogens with zero attached hydrogens (tertiary/aromatic N) is 1. The van der Waals surface area contributed by atoms with Crippen LogP contribution in [-0.4, -0.2) is 25.2 Å². The molecular formula is C14H20FN3O5S. The number of carbonyl (C=O) groups excluding carboxylic acids is 1. The van der Waals surface area contributed by atoms with Crippen molar-refractivity contribution in [2.75, 3.05) is 0 Å². The van der Waals surface area contributed by atoms with Crippen LogP contribution in [0.25, 0.3) is 0 Å². The van der Waals surface area contributed by atoms with E-state index in [0.29, 0.717) is 6.29 Å². The molecule has 8 nitrogen and oxygen atoms in total. The van der Waals surface area contributed by atoms with Crippen LogP contribution in [0.5, 0.6) is 0 Å². The number of benzene rings is 1. The van der Waals surface area contributed by atoms with E-state index in [1.165, 1.54) is 6.92 Å². The summed E-state index contributed by atoms with van der Waals surface area (Å²) in [5.74, 6) is -0.858. The summed E-state index contributed by atoms with van der Waals surface area (Å²) >= 11 is 0. The molecule has 0 aliphatic carbocycles. The minimum absolute atomic E-state index is 0.289. The van der Waals surface area contributed by atoms with Crippen LogP contribution >= 0.6 is 0 Å². The number of aldehydes is 1. The first-order valence-electron chi connectivity index (χ1n) is 7.00. The number of non-ortho nitro benzene ring substituents is 1. The van der Waals surface area contributed by atoms with Gasteiger partial charge in [0.25, 0.3) is 15.9 Å². The van der Waals surface area contributed by atoms with Gasteiger partial charge in [0.15, 0.2) is 0 Å². The van der Waals surface area contributed by atoms with Gasteiger partial charge in [0, 0.05) is 29.7 Å². The van der Waals surface area contributed by atoms with E-state index in [0.717, 1.165) is 18.2 Å². The Morgan fingerprint density at radius 2 is 1.83 bits per heavy atom. The number of hydrogen-bond donors (Lipinski definition) is 2. The highest BCUT2D eigenvalue weighted by Crippen LogP contribution is 2.30. The van der Waals surface area contributed by atoms with Crippen molar-refractivity contribution < 1.29 is 22.5 Å². The van der Waals surface area contributed by atoms with Gasteiger partial charge in [0.05, 0.1) is 10.5 Å². The summed E-state index contributed by atoms with van der Waals surface area (Å²) in [6, 6.07) is 2.74. The number of halogens is 1. The maximum absolute atomic E-state index is 14.2. The average Bonchev–Trinajstić information content (AvgIpc) is 2.34. The number of nitro groups is 1. The lowest BCUT2D eigenvalue weighted by Crippen LogP contribution is -2.53. The molecule has 134 valence electrons. The highest BCUT2D eigenvalue weighted by molar-refractivity contribution is 7.87. The maximum Gasteiger partial charge on any atom is 0.278 e. The summed E-state index contributed by atoms with van der Waals surface area (Å²) < 4.78 is 43.2. The lowest BCUT2D eigenvalue weighted by molar-refractivity contribution is -0.385. The first kappa shape index (κ1) is 20.1. The number of hydrogen-bond acceptors (Lipinski definition) is 5. The Kier molecular flexibility index (Phi) is 5.80. The number of nitro benzene ring substituents is 1. The number of rotatable bonds is 7. The van der Waals surface area contributed by atoms with Crippen molar-refractivity contribution in [3.8, 4) is 0 Å². The van der Waals surface area contributed by atoms with E-state index < -0.39 is 44.1 Å². The SMILES string of the molecule is CC(C)(C)NS(=O)(=O)N[C@@](C)(CC=O)c1cc([N+](=O)[O-])ccc1F. The van der Waals surface area contributed by atoms with Gasteiger partial charge in [-0.3, -0.25) is 10.1 Å². The summed E-state index contributed by atoms with van der Waals surface area (Å²) in [5, 5.41) is 10.9.